The van der Waals surface area contributed by atoms with E-state index in [0.717, 1.165) is 0 Å². The first kappa shape index (κ1) is 28.7. The third-order valence-electron chi connectivity index (χ3n) is 5.98. The number of alkyl carbamates (subject to hydrolysis) is 1. The molecule has 2 fully saturated rings. The fourth-order valence-electron chi connectivity index (χ4n) is 4.21. The molecule has 2 aliphatic rings. The van der Waals surface area contributed by atoms with Crippen molar-refractivity contribution in [2.24, 2.45) is 11.8 Å². The van der Waals surface area contributed by atoms with Crippen molar-refractivity contribution < 1.29 is 33.8 Å². The maximum atomic E-state index is 12.9. The number of hydrogen-bond donors (Lipinski definition) is 4. The number of hydrogen-bond acceptors (Lipinski definition) is 7. The molecule has 2 aliphatic heterocycles. The molecule has 2 unspecified atom stereocenters. The zero-order valence-electron chi connectivity index (χ0n) is 21.6. The summed E-state index contributed by atoms with van der Waals surface area (Å²) in [5.74, 6) is -0.625. The van der Waals surface area contributed by atoms with Crippen molar-refractivity contribution in [1.29, 1.82) is 0 Å². The largest absolute Gasteiger partial charge is 0.446 e. The molecule has 2 heterocycles. The van der Waals surface area contributed by atoms with Gasteiger partial charge in [0.05, 0.1) is 12.6 Å². The molecule has 0 bridgehead atoms. The predicted octanol–water partition coefficient (Wildman–Crippen LogP) is 1.53. The molecule has 3 atom stereocenters. The number of aliphatic hydroxyl groups excluding tert-OH is 1. The second-order valence-corrected chi connectivity index (χ2v) is 10.8. The Labute approximate surface area is 207 Å². The standard InChI is InChI=1S/C24H42N4O7/c1-15(2)12-19(21(31)26-17(14-29)13-16-6-9-25-20(16)30)27-22(32)34-18-7-10-28(11-8-18)23(33)35-24(3,4)5/h15-19,29H,6-14H2,1-5H3,(H,25,30)(H,26,31)(H,27,32)/t16-,17?,19?/m0/s1. The van der Waals surface area contributed by atoms with Crippen molar-refractivity contribution in [3.05, 3.63) is 0 Å². The summed E-state index contributed by atoms with van der Waals surface area (Å²) in [6.07, 6.45) is 0.886. The van der Waals surface area contributed by atoms with Crippen LogP contribution < -0.4 is 16.0 Å². The van der Waals surface area contributed by atoms with E-state index in [9.17, 15) is 24.3 Å². The van der Waals surface area contributed by atoms with Crippen molar-refractivity contribution in [1.82, 2.24) is 20.9 Å². The summed E-state index contributed by atoms with van der Waals surface area (Å²) >= 11 is 0. The first-order valence-electron chi connectivity index (χ1n) is 12.5. The molecule has 0 saturated carbocycles. The van der Waals surface area contributed by atoms with Gasteiger partial charge >= 0.3 is 12.2 Å². The number of aliphatic hydroxyl groups is 1. The lowest BCUT2D eigenvalue weighted by Gasteiger charge is -2.33. The molecule has 0 aromatic rings. The van der Waals surface area contributed by atoms with Crippen LogP contribution >= 0.6 is 0 Å². The van der Waals surface area contributed by atoms with Crippen molar-refractivity contribution in [3.8, 4) is 0 Å². The number of piperidine rings is 1. The van der Waals surface area contributed by atoms with Gasteiger partial charge in [-0.15, -0.1) is 0 Å². The number of nitrogens with zero attached hydrogens (tertiary/aromatic N) is 1. The summed E-state index contributed by atoms with van der Waals surface area (Å²) in [6.45, 7) is 10.4. The van der Waals surface area contributed by atoms with E-state index in [1.165, 1.54) is 0 Å². The highest BCUT2D eigenvalue weighted by molar-refractivity contribution is 5.86. The SMILES string of the molecule is CC(C)CC(NC(=O)OC1CCN(C(=O)OC(C)(C)C)CC1)C(=O)NC(CO)C[C@@H]1CCNC1=O. The van der Waals surface area contributed by atoms with Crippen molar-refractivity contribution in [2.45, 2.75) is 90.5 Å². The van der Waals surface area contributed by atoms with E-state index in [1.807, 2.05) is 34.6 Å². The predicted molar refractivity (Wildman–Crippen MR) is 128 cm³/mol. The van der Waals surface area contributed by atoms with Gasteiger partial charge in [0, 0.05) is 38.4 Å². The molecule has 4 N–H and O–H groups in total. The molecule has 0 aromatic heterocycles. The molecule has 4 amide bonds. The quantitative estimate of drug-likeness (QED) is 0.377. The average Bonchev–Trinajstić information content (AvgIpc) is 3.15. The summed E-state index contributed by atoms with van der Waals surface area (Å²) in [4.78, 5) is 51.1. The zero-order chi connectivity index (χ0) is 26.2. The van der Waals surface area contributed by atoms with E-state index in [1.54, 1.807) is 4.90 Å². The Balaban J connectivity index is 1.85. The molecule has 0 spiro atoms. The maximum Gasteiger partial charge on any atom is 0.410 e. The number of ether oxygens (including phenoxy) is 2. The summed E-state index contributed by atoms with van der Waals surface area (Å²) in [6, 6.07) is -1.42. The van der Waals surface area contributed by atoms with E-state index in [-0.39, 0.29) is 36.5 Å². The van der Waals surface area contributed by atoms with Gasteiger partial charge in [-0.3, -0.25) is 9.59 Å². The van der Waals surface area contributed by atoms with Gasteiger partial charge in [-0.1, -0.05) is 13.8 Å². The smallest absolute Gasteiger partial charge is 0.410 e. The second-order valence-electron chi connectivity index (χ2n) is 10.8. The summed E-state index contributed by atoms with van der Waals surface area (Å²) in [5.41, 5.74) is -0.575. The van der Waals surface area contributed by atoms with Gasteiger partial charge in [0.2, 0.25) is 11.8 Å². The van der Waals surface area contributed by atoms with Crippen LogP contribution in [0.1, 0.15) is 66.7 Å². The summed E-state index contributed by atoms with van der Waals surface area (Å²) in [5, 5.41) is 17.9. The van der Waals surface area contributed by atoms with Gasteiger partial charge in [-0.2, -0.15) is 0 Å². The Morgan fingerprint density at radius 3 is 2.31 bits per heavy atom. The topological polar surface area (TPSA) is 146 Å². The molecule has 35 heavy (non-hydrogen) atoms. The van der Waals surface area contributed by atoms with E-state index < -0.39 is 29.7 Å². The highest BCUT2D eigenvalue weighted by atomic mass is 16.6. The Bertz CT molecular complexity index is 745. The zero-order valence-corrected chi connectivity index (χ0v) is 21.6. The molecule has 200 valence electrons. The molecule has 0 aromatic carbocycles. The summed E-state index contributed by atoms with van der Waals surface area (Å²) < 4.78 is 10.9. The van der Waals surface area contributed by atoms with Crippen molar-refractivity contribution in [3.63, 3.8) is 0 Å². The number of nitrogens with one attached hydrogen (secondary N) is 3. The second kappa shape index (κ2) is 12.9. The lowest BCUT2D eigenvalue weighted by molar-refractivity contribution is -0.126. The van der Waals surface area contributed by atoms with E-state index in [4.69, 9.17) is 9.47 Å². The van der Waals surface area contributed by atoms with Crippen LogP contribution in [0.4, 0.5) is 9.59 Å². The minimum absolute atomic E-state index is 0.0733. The van der Waals surface area contributed by atoms with Crippen LogP contribution in [0, 0.1) is 11.8 Å². The Morgan fingerprint density at radius 2 is 1.80 bits per heavy atom. The number of carbonyl (C=O) groups excluding carboxylic acids is 4. The van der Waals surface area contributed by atoms with Crippen molar-refractivity contribution >= 4 is 24.0 Å². The van der Waals surface area contributed by atoms with E-state index in [0.29, 0.717) is 51.7 Å². The van der Waals surface area contributed by atoms with Crippen LogP contribution in [0.2, 0.25) is 0 Å². The van der Waals surface area contributed by atoms with Gasteiger partial charge in [-0.25, -0.2) is 9.59 Å². The lowest BCUT2D eigenvalue weighted by atomic mass is 9.97. The number of rotatable bonds is 9. The first-order chi connectivity index (χ1) is 16.4. The number of carbonyl (C=O) groups is 4. The van der Waals surface area contributed by atoms with Gasteiger partial charge in [0.15, 0.2) is 0 Å². The Morgan fingerprint density at radius 1 is 1.14 bits per heavy atom. The minimum Gasteiger partial charge on any atom is -0.446 e. The molecule has 0 radical (unpaired) electrons. The fourth-order valence-corrected chi connectivity index (χ4v) is 4.21. The monoisotopic (exact) mass is 498 g/mol. The van der Waals surface area contributed by atoms with Gasteiger partial charge in [0.1, 0.15) is 17.7 Å². The lowest BCUT2D eigenvalue weighted by Crippen LogP contribution is -2.52. The van der Waals surface area contributed by atoms with Crippen LogP contribution in [0.3, 0.4) is 0 Å². The van der Waals surface area contributed by atoms with E-state index in [2.05, 4.69) is 16.0 Å². The minimum atomic E-state index is -0.837. The third-order valence-corrected chi connectivity index (χ3v) is 5.98. The number of likely N-dealkylation sites (tertiary alicyclic amines) is 1. The summed E-state index contributed by atoms with van der Waals surface area (Å²) in [7, 11) is 0. The fraction of sp³-hybridized carbons (Fsp3) is 0.833. The van der Waals surface area contributed by atoms with E-state index >= 15 is 0 Å². The van der Waals surface area contributed by atoms with Crippen LogP contribution in [0.25, 0.3) is 0 Å². The van der Waals surface area contributed by atoms with Crippen molar-refractivity contribution in [2.75, 3.05) is 26.2 Å². The van der Waals surface area contributed by atoms with Gasteiger partial charge in [0.25, 0.3) is 0 Å². The van der Waals surface area contributed by atoms with Crippen LogP contribution in [0.5, 0.6) is 0 Å². The maximum absolute atomic E-state index is 12.9. The van der Waals surface area contributed by atoms with Gasteiger partial charge < -0.3 is 35.4 Å². The highest BCUT2D eigenvalue weighted by Gasteiger charge is 2.32. The molecular formula is C24H42N4O7. The molecule has 11 nitrogen and oxygen atoms in total. The molecule has 11 heteroatoms. The van der Waals surface area contributed by atoms with Crippen LogP contribution in [0.15, 0.2) is 0 Å². The number of amides is 4. The first-order valence-corrected chi connectivity index (χ1v) is 12.5. The highest BCUT2D eigenvalue weighted by Crippen LogP contribution is 2.19. The third kappa shape index (κ3) is 9.91. The van der Waals surface area contributed by atoms with Crippen LogP contribution in [-0.2, 0) is 19.1 Å². The molecule has 2 saturated heterocycles. The average molecular weight is 499 g/mol. The Kier molecular flexibility index (Phi) is 10.6. The molecular weight excluding hydrogens is 456 g/mol. The van der Waals surface area contributed by atoms with Crippen LogP contribution in [-0.4, -0.2) is 84.0 Å². The molecule has 2 rings (SSSR count). The Hall–Kier alpha value is -2.56. The molecule has 0 aliphatic carbocycles. The normalized spacial score (nSPS) is 20.7. The van der Waals surface area contributed by atoms with Gasteiger partial charge in [-0.05, 0) is 46.0 Å².